The Morgan fingerprint density at radius 3 is 2.00 bits per heavy atom. The van der Waals surface area contributed by atoms with Crippen molar-refractivity contribution >= 4 is 5.91 Å². The molecule has 0 atom stereocenters. The first-order chi connectivity index (χ1) is 12.2. The zero-order valence-corrected chi connectivity index (χ0v) is 14.3. The summed E-state index contributed by atoms with van der Waals surface area (Å²) in [5.74, 6) is -0.228. The minimum atomic E-state index is -0.228. The smallest absolute Gasteiger partial charge is 0.217 e. The molecule has 3 aromatic carbocycles. The lowest BCUT2D eigenvalue weighted by atomic mass is 9.95. The zero-order chi connectivity index (χ0) is 17.5. The van der Waals surface area contributed by atoms with Crippen LogP contribution in [0.1, 0.15) is 29.5 Å². The number of primary amides is 1. The largest absolute Gasteiger partial charge is 0.370 e. The van der Waals surface area contributed by atoms with Gasteiger partial charge < -0.3 is 5.73 Å². The average molecular weight is 329 g/mol. The quantitative estimate of drug-likeness (QED) is 0.667. The average Bonchev–Trinajstić information content (AvgIpc) is 2.64. The van der Waals surface area contributed by atoms with Crippen molar-refractivity contribution in [1.29, 1.82) is 0 Å². The van der Waals surface area contributed by atoms with Crippen LogP contribution in [0, 0.1) is 0 Å². The maximum Gasteiger partial charge on any atom is 0.217 e. The molecule has 0 unspecified atom stereocenters. The van der Waals surface area contributed by atoms with Gasteiger partial charge in [-0.2, -0.15) is 0 Å². The second kappa shape index (κ2) is 8.29. The lowest BCUT2D eigenvalue weighted by molar-refractivity contribution is -0.118. The molecular formula is C23H23NO. The number of rotatable bonds is 7. The molecule has 25 heavy (non-hydrogen) atoms. The normalized spacial score (nSPS) is 10.6. The van der Waals surface area contributed by atoms with E-state index in [0.717, 1.165) is 19.3 Å². The summed E-state index contributed by atoms with van der Waals surface area (Å²) in [4.78, 5) is 10.9. The van der Waals surface area contributed by atoms with Crippen LogP contribution in [0.15, 0.2) is 78.9 Å². The minimum Gasteiger partial charge on any atom is -0.370 e. The molecule has 0 bridgehead atoms. The molecular weight excluding hydrogens is 306 g/mol. The van der Waals surface area contributed by atoms with Crippen LogP contribution in [0.25, 0.3) is 11.1 Å². The third kappa shape index (κ3) is 4.80. The third-order valence-corrected chi connectivity index (χ3v) is 4.44. The molecule has 0 aliphatic heterocycles. The van der Waals surface area contributed by atoms with Crippen molar-refractivity contribution in [1.82, 2.24) is 0 Å². The van der Waals surface area contributed by atoms with E-state index < -0.39 is 0 Å². The highest BCUT2D eigenvalue weighted by atomic mass is 16.1. The predicted molar refractivity (Wildman–Crippen MR) is 103 cm³/mol. The number of nitrogens with two attached hydrogens (primary N) is 1. The van der Waals surface area contributed by atoms with Crippen molar-refractivity contribution in [2.45, 2.75) is 25.7 Å². The van der Waals surface area contributed by atoms with E-state index in [-0.39, 0.29) is 5.91 Å². The molecule has 2 heteroatoms. The molecule has 0 aliphatic carbocycles. The molecule has 0 saturated carbocycles. The number of benzene rings is 3. The van der Waals surface area contributed by atoms with Gasteiger partial charge in [-0.05, 0) is 47.1 Å². The third-order valence-electron chi connectivity index (χ3n) is 4.44. The predicted octanol–water partition coefficient (Wildman–Crippen LogP) is 4.75. The molecule has 0 fully saturated rings. The molecule has 0 saturated heterocycles. The lowest BCUT2D eigenvalue weighted by Gasteiger charge is -2.10. The highest BCUT2D eigenvalue weighted by Crippen LogP contribution is 2.22. The Morgan fingerprint density at radius 2 is 1.32 bits per heavy atom. The molecule has 0 radical (unpaired) electrons. The van der Waals surface area contributed by atoms with Gasteiger partial charge in [0.05, 0.1) is 0 Å². The molecule has 1 amide bonds. The van der Waals surface area contributed by atoms with Gasteiger partial charge in [0.15, 0.2) is 0 Å². The molecule has 3 aromatic rings. The van der Waals surface area contributed by atoms with E-state index in [0.29, 0.717) is 6.42 Å². The Morgan fingerprint density at radius 1 is 0.720 bits per heavy atom. The number of amides is 1. The van der Waals surface area contributed by atoms with E-state index in [1.807, 2.05) is 6.07 Å². The molecule has 0 aromatic heterocycles. The second-order valence-electron chi connectivity index (χ2n) is 6.33. The van der Waals surface area contributed by atoms with Crippen LogP contribution in [-0.4, -0.2) is 5.91 Å². The van der Waals surface area contributed by atoms with Gasteiger partial charge >= 0.3 is 0 Å². The lowest BCUT2D eigenvalue weighted by Crippen LogP contribution is -2.10. The van der Waals surface area contributed by atoms with Crippen LogP contribution in [0.4, 0.5) is 0 Å². The van der Waals surface area contributed by atoms with Gasteiger partial charge in [-0.1, -0.05) is 78.9 Å². The van der Waals surface area contributed by atoms with E-state index in [2.05, 4.69) is 72.8 Å². The van der Waals surface area contributed by atoms with E-state index in [1.54, 1.807) is 0 Å². The van der Waals surface area contributed by atoms with Crippen LogP contribution < -0.4 is 5.73 Å². The number of carbonyl (C=O) groups excluding carboxylic acids is 1. The summed E-state index contributed by atoms with van der Waals surface area (Å²) in [5.41, 5.74) is 11.6. The fraction of sp³-hybridized carbons (Fsp3) is 0.174. The van der Waals surface area contributed by atoms with Crippen LogP contribution in [-0.2, 0) is 17.6 Å². The van der Waals surface area contributed by atoms with Crippen LogP contribution in [0.2, 0.25) is 0 Å². The second-order valence-corrected chi connectivity index (χ2v) is 6.33. The first kappa shape index (κ1) is 17.0. The van der Waals surface area contributed by atoms with Crippen LogP contribution >= 0.6 is 0 Å². The van der Waals surface area contributed by atoms with Crippen molar-refractivity contribution in [3.05, 3.63) is 95.6 Å². The maximum atomic E-state index is 10.9. The van der Waals surface area contributed by atoms with E-state index in [9.17, 15) is 4.79 Å². The fourth-order valence-electron chi connectivity index (χ4n) is 3.09. The van der Waals surface area contributed by atoms with Gasteiger partial charge in [0, 0.05) is 6.42 Å². The first-order valence-electron chi connectivity index (χ1n) is 8.72. The van der Waals surface area contributed by atoms with Crippen molar-refractivity contribution in [3.8, 4) is 11.1 Å². The van der Waals surface area contributed by atoms with Gasteiger partial charge in [0.25, 0.3) is 0 Å². The maximum absolute atomic E-state index is 10.9. The van der Waals surface area contributed by atoms with E-state index in [4.69, 9.17) is 5.73 Å². The van der Waals surface area contributed by atoms with E-state index >= 15 is 0 Å². The van der Waals surface area contributed by atoms with Crippen molar-refractivity contribution in [3.63, 3.8) is 0 Å². The summed E-state index contributed by atoms with van der Waals surface area (Å²) in [6.07, 6.45) is 3.04. The van der Waals surface area contributed by atoms with Crippen LogP contribution in [0.5, 0.6) is 0 Å². The summed E-state index contributed by atoms with van der Waals surface area (Å²) >= 11 is 0. The zero-order valence-electron chi connectivity index (χ0n) is 14.3. The monoisotopic (exact) mass is 329 g/mol. The highest BCUT2D eigenvalue weighted by molar-refractivity contribution is 5.73. The standard InChI is InChI=1S/C23H23NO/c24-23(25)12-6-11-20-9-4-5-10-22(20)17-18-13-15-21(16-14-18)19-7-2-1-3-8-19/h1-5,7-10,13-16H,6,11-12,17H2,(H2,24,25). The molecule has 2 nitrogen and oxygen atoms in total. The van der Waals surface area contributed by atoms with Gasteiger partial charge in [-0.15, -0.1) is 0 Å². The van der Waals surface area contributed by atoms with Crippen molar-refractivity contribution in [2.75, 3.05) is 0 Å². The summed E-state index contributed by atoms with van der Waals surface area (Å²) < 4.78 is 0. The number of aryl methyl sites for hydroxylation is 1. The molecule has 0 aliphatic rings. The summed E-state index contributed by atoms with van der Waals surface area (Å²) in [5, 5.41) is 0. The molecule has 126 valence electrons. The van der Waals surface area contributed by atoms with Gasteiger partial charge in [0.1, 0.15) is 0 Å². The molecule has 2 N–H and O–H groups in total. The Kier molecular flexibility index (Phi) is 5.63. The molecule has 0 spiro atoms. The topological polar surface area (TPSA) is 43.1 Å². The Labute approximate surface area is 149 Å². The number of carbonyl (C=O) groups is 1. The van der Waals surface area contributed by atoms with Gasteiger partial charge in [-0.25, -0.2) is 0 Å². The highest BCUT2D eigenvalue weighted by Gasteiger charge is 2.05. The summed E-state index contributed by atoms with van der Waals surface area (Å²) in [7, 11) is 0. The van der Waals surface area contributed by atoms with E-state index in [1.165, 1.54) is 27.8 Å². The Hall–Kier alpha value is -2.87. The first-order valence-corrected chi connectivity index (χ1v) is 8.72. The fourth-order valence-corrected chi connectivity index (χ4v) is 3.09. The Balaban J connectivity index is 1.71. The minimum absolute atomic E-state index is 0.228. The SMILES string of the molecule is NC(=O)CCCc1ccccc1Cc1ccc(-c2ccccc2)cc1. The van der Waals surface area contributed by atoms with Crippen molar-refractivity contribution in [2.24, 2.45) is 5.73 Å². The van der Waals surface area contributed by atoms with Gasteiger partial charge in [-0.3, -0.25) is 4.79 Å². The van der Waals surface area contributed by atoms with Crippen LogP contribution in [0.3, 0.4) is 0 Å². The van der Waals surface area contributed by atoms with Gasteiger partial charge in [0.2, 0.25) is 5.91 Å². The number of hydrogen-bond donors (Lipinski definition) is 1. The Bertz CT molecular complexity index is 822. The molecule has 0 heterocycles. The number of hydrogen-bond acceptors (Lipinski definition) is 1. The molecule has 3 rings (SSSR count). The van der Waals surface area contributed by atoms with Crippen molar-refractivity contribution < 1.29 is 4.79 Å². The summed E-state index contributed by atoms with van der Waals surface area (Å²) in [6.45, 7) is 0. The summed E-state index contributed by atoms with van der Waals surface area (Å²) in [6, 6.07) is 27.6.